The van der Waals surface area contributed by atoms with Crippen LogP contribution < -0.4 is 5.73 Å². The maximum absolute atomic E-state index is 6.01. The lowest BCUT2D eigenvalue weighted by atomic mass is 10.0. The molecule has 1 unspecified atom stereocenters. The van der Waals surface area contributed by atoms with Gasteiger partial charge in [-0.05, 0) is 42.5 Å². The van der Waals surface area contributed by atoms with Gasteiger partial charge in [0.1, 0.15) is 0 Å². The first-order chi connectivity index (χ1) is 9.63. The van der Waals surface area contributed by atoms with Gasteiger partial charge in [-0.25, -0.2) is 0 Å². The number of benzene rings is 1. The molecule has 4 heteroatoms. The van der Waals surface area contributed by atoms with Gasteiger partial charge in [0.25, 0.3) is 0 Å². The first-order valence-corrected chi connectivity index (χ1v) is 7.89. The highest BCUT2D eigenvalue weighted by Crippen LogP contribution is 2.26. The maximum atomic E-state index is 6.01. The third kappa shape index (κ3) is 2.75. The fraction of sp³-hybridized carbons (Fsp3) is 0.250. The fourth-order valence-electron chi connectivity index (χ4n) is 2.59. The van der Waals surface area contributed by atoms with Gasteiger partial charge >= 0.3 is 0 Å². The van der Waals surface area contributed by atoms with Gasteiger partial charge in [0.2, 0.25) is 0 Å². The number of rotatable bonds is 4. The highest BCUT2D eigenvalue weighted by atomic mass is 35.5. The van der Waals surface area contributed by atoms with E-state index >= 15 is 0 Å². The van der Waals surface area contributed by atoms with E-state index in [2.05, 4.69) is 41.1 Å². The quantitative estimate of drug-likeness (QED) is 0.765. The minimum atomic E-state index is 0.167. The molecule has 0 radical (unpaired) electrons. The predicted octanol–water partition coefficient (Wildman–Crippen LogP) is 4.29. The smallest absolute Gasteiger partial charge is 0.0931 e. The van der Waals surface area contributed by atoms with E-state index in [0.29, 0.717) is 0 Å². The Kier molecular flexibility index (Phi) is 3.83. The molecule has 0 saturated carbocycles. The van der Waals surface area contributed by atoms with E-state index in [1.54, 1.807) is 11.3 Å². The van der Waals surface area contributed by atoms with Crippen molar-refractivity contribution in [1.29, 1.82) is 0 Å². The largest absolute Gasteiger partial charge is 0.342 e. The van der Waals surface area contributed by atoms with Crippen LogP contribution in [-0.2, 0) is 13.0 Å². The molecule has 0 fully saturated rings. The second-order valence-corrected chi connectivity index (χ2v) is 6.99. The molecule has 1 atom stereocenters. The highest BCUT2D eigenvalue weighted by molar-refractivity contribution is 7.16. The first kappa shape index (κ1) is 13.7. The van der Waals surface area contributed by atoms with Crippen LogP contribution in [0.25, 0.3) is 10.9 Å². The Morgan fingerprint density at radius 2 is 2.10 bits per heavy atom. The molecular weight excluding hydrogens is 288 g/mol. The molecule has 3 aromatic rings. The molecule has 0 amide bonds. The van der Waals surface area contributed by atoms with Gasteiger partial charge in [-0.1, -0.05) is 29.8 Å². The molecular formula is C16H17ClN2S. The van der Waals surface area contributed by atoms with Crippen molar-refractivity contribution in [3.63, 3.8) is 0 Å². The third-order valence-electron chi connectivity index (χ3n) is 3.37. The van der Waals surface area contributed by atoms with Gasteiger partial charge in [0, 0.05) is 17.1 Å². The molecule has 0 bridgehead atoms. The summed E-state index contributed by atoms with van der Waals surface area (Å²) in [5, 5.41) is 1.27. The second kappa shape index (κ2) is 5.60. The number of para-hydroxylation sites is 1. The van der Waals surface area contributed by atoms with E-state index in [1.165, 1.54) is 21.3 Å². The second-order valence-electron chi connectivity index (χ2n) is 5.19. The summed E-state index contributed by atoms with van der Waals surface area (Å²) in [7, 11) is 0. The van der Waals surface area contributed by atoms with E-state index in [1.807, 2.05) is 13.0 Å². The summed E-state index contributed by atoms with van der Waals surface area (Å²) in [6, 6.07) is 12.8. The summed E-state index contributed by atoms with van der Waals surface area (Å²) in [6.45, 7) is 2.90. The molecule has 0 saturated heterocycles. The molecule has 0 aliphatic carbocycles. The number of aromatic nitrogens is 1. The number of hydrogen-bond donors (Lipinski definition) is 1. The topological polar surface area (TPSA) is 30.9 Å². The van der Waals surface area contributed by atoms with Crippen LogP contribution in [0.4, 0.5) is 0 Å². The number of nitrogens with two attached hydrogens (primary N) is 1. The zero-order chi connectivity index (χ0) is 14.1. The van der Waals surface area contributed by atoms with Crippen molar-refractivity contribution in [3.8, 4) is 0 Å². The normalized spacial score (nSPS) is 12.9. The SMILES string of the molecule is CC(N)Cc1cccc2ccn(Cc3ccc(Cl)s3)c12. The van der Waals surface area contributed by atoms with Crippen LogP contribution in [0.15, 0.2) is 42.6 Å². The summed E-state index contributed by atoms with van der Waals surface area (Å²) in [5.74, 6) is 0. The molecule has 20 heavy (non-hydrogen) atoms. The van der Waals surface area contributed by atoms with Gasteiger partial charge < -0.3 is 10.3 Å². The first-order valence-electron chi connectivity index (χ1n) is 6.70. The molecule has 0 aliphatic rings. The van der Waals surface area contributed by atoms with E-state index in [4.69, 9.17) is 17.3 Å². The summed E-state index contributed by atoms with van der Waals surface area (Å²) >= 11 is 7.65. The average Bonchev–Trinajstić information content (AvgIpc) is 2.97. The molecule has 0 spiro atoms. The Labute approximate surface area is 127 Å². The van der Waals surface area contributed by atoms with Crippen LogP contribution in [0.2, 0.25) is 4.34 Å². The van der Waals surface area contributed by atoms with Gasteiger partial charge in [-0.3, -0.25) is 0 Å². The molecule has 3 rings (SSSR count). The maximum Gasteiger partial charge on any atom is 0.0931 e. The monoisotopic (exact) mass is 304 g/mol. The zero-order valence-electron chi connectivity index (χ0n) is 11.3. The van der Waals surface area contributed by atoms with Crippen molar-refractivity contribution in [1.82, 2.24) is 4.57 Å². The molecule has 2 N–H and O–H groups in total. The lowest BCUT2D eigenvalue weighted by Crippen LogP contribution is -2.18. The van der Waals surface area contributed by atoms with Crippen molar-refractivity contribution in [2.75, 3.05) is 0 Å². The van der Waals surface area contributed by atoms with Gasteiger partial charge in [0.15, 0.2) is 0 Å². The molecule has 2 nitrogen and oxygen atoms in total. The average molecular weight is 305 g/mol. The standard InChI is InChI=1S/C16H17ClN2S/c1-11(18)9-13-4-2-3-12-7-8-19(16(12)13)10-14-5-6-15(17)20-14/h2-8,11H,9-10,18H2,1H3. The lowest BCUT2D eigenvalue weighted by Gasteiger charge is -2.11. The number of fused-ring (bicyclic) bond motifs is 1. The van der Waals surface area contributed by atoms with Crippen LogP contribution >= 0.6 is 22.9 Å². The minimum absolute atomic E-state index is 0.167. The summed E-state index contributed by atoms with van der Waals surface area (Å²) < 4.78 is 3.13. The van der Waals surface area contributed by atoms with E-state index in [-0.39, 0.29) is 6.04 Å². The van der Waals surface area contributed by atoms with Crippen LogP contribution in [0.3, 0.4) is 0 Å². The van der Waals surface area contributed by atoms with E-state index < -0.39 is 0 Å². The van der Waals surface area contributed by atoms with Crippen molar-refractivity contribution in [3.05, 3.63) is 57.4 Å². The van der Waals surface area contributed by atoms with Gasteiger partial charge in [-0.2, -0.15) is 0 Å². The van der Waals surface area contributed by atoms with Crippen molar-refractivity contribution >= 4 is 33.8 Å². The highest BCUT2D eigenvalue weighted by Gasteiger charge is 2.09. The molecule has 2 heterocycles. The summed E-state index contributed by atoms with van der Waals surface area (Å²) in [4.78, 5) is 1.27. The predicted molar refractivity (Wildman–Crippen MR) is 87.7 cm³/mol. The fourth-order valence-corrected chi connectivity index (χ4v) is 3.68. The van der Waals surface area contributed by atoms with Gasteiger partial charge in [-0.15, -0.1) is 11.3 Å². The van der Waals surface area contributed by atoms with Crippen LogP contribution in [0.1, 0.15) is 17.4 Å². The lowest BCUT2D eigenvalue weighted by molar-refractivity contribution is 0.735. The summed E-state index contributed by atoms with van der Waals surface area (Å²) in [5.41, 5.74) is 8.56. The Morgan fingerprint density at radius 3 is 2.80 bits per heavy atom. The number of nitrogens with zero attached hydrogens (tertiary/aromatic N) is 1. The Bertz CT molecular complexity index is 727. The zero-order valence-corrected chi connectivity index (χ0v) is 12.9. The van der Waals surface area contributed by atoms with Crippen molar-refractivity contribution in [2.24, 2.45) is 5.73 Å². The number of halogens is 1. The minimum Gasteiger partial charge on any atom is -0.342 e. The van der Waals surface area contributed by atoms with Crippen LogP contribution in [-0.4, -0.2) is 10.6 Å². The van der Waals surface area contributed by atoms with Gasteiger partial charge in [0.05, 0.1) is 16.4 Å². The van der Waals surface area contributed by atoms with Crippen molar-refractivity contribution < 1.29 is 0 Å². The third-order valence-corrected chi connectivity index (χ3v) is 4.58. The Hall–Kier alpha value is -1.29. The van der Waals surface area contributed by atoms with E-state index in [9.17, 15) is 0 Å². The Balaban J connectivity index is 2.02. The molecule has 1 aromatic carbocycles. The Morgan fingerprint density at radius 1 is 1.25 bits per heavy atom. The number of thiophene rings is 1. The van der Waals surface area contributed by atoms with Crippen molar-refractivity contribution in [2.45, 2.75) is 25.9 Å². The molecule has 104 valence electrons. The van der Waals surface area contributed by atoms with E-state index in [0.717, 1.165) is 17.3 Å². The molecule has 0 aliphatic heterocycles. The van der Waals surface area contributed by atoms with Crippen LogP contribution in [0, 0.1) is 0 Å². The van der Waals surface area contributed by atoms with Crippen LogP contribution in [0.5, 0.6) is 0 Å². The number of hydrogen-bond acceptors (Lipinski definition) is 2. The molecule has 2 aromatic heterocycles. The summed E-state index contributed by atoms with van der Waals surface area (Å²) in [6.07, 6.45) is 3.04.